The quantitative estimate of drug-likeness (QED) is 0.492. The van der Waals surface area contributed by atoms with Crippen molar-refractivity contribution in [2.75, 3.05) is 24.5 Å². The molecule has 2 aromatic rings. The lowest BCUT2D eigenvalue weighted by atomic mass is 10.0. The number of carboxylic acid groups (broad SMARTS) is 1. The molecule has 0 radical (unpaired) electrons. The van der Waals surface area contributed by atoms with Crippen molar-refractivity contribution in [1.82, 2.24) is 14.9 Å². The van der Waals surface area contributed by atoms with Crippen LogP contribution in [0.15, 0.2) is 53.4 Å². The highest BCUT2D eigenvalue weighted by molar-refractivity contribution is 7.89. The number of benzene rings is 2. The van der Waals surface area contributed by atoms with Crippen molar-refractivity contribution in [1.29, 1.82) is 0 Å². The summed E-state index contributed by atoms with van der Waals surface area (Å²) in [6.45, 7) is 3.28. The molecule has 2 saturated heterocycles. The number of nitrogens with zero attached hydrogens (tertiary/aromatic N) is 2. The van der Waals surface area contributed by atoms with Crippen molar-refractivity contribution in [2.24, 2.45) is 0 Å². The molecule has 0 saturated carbocycles. The van der Waals surface area contributed by atoms with Gasteiger partial charge in [0, 0.05) is 31.7 Å². The van der Waals surface area contributed by atoms with Crippen LogP contribution >= 0.6 is 0 Å². The van der Waals surface area contributed by atoms with Crippen LogP contribution in [0.1, 0.15) is 30.4 Å². The Labute approximate surface area is 210 Å². The summed E-state index contributed by atoms with van der Waals surface area (Å²) in [6.07, 6.45) is 1.67. The van der Waals surface area contributed by atoms with E-state index >= 15 is 0 Å². The molecule has 0 aliphatic carbocycles. The zero-order valence-electron chi connectivity index (χ0n) is 20.0. The summed E-state index contributed by atoms with van der Waals surface area (Å²) in [7, 11) is -3.90. The Morgan fingerprint density at radius 1 is 1.08 bits per heavy atom. The smallest absolute Gasteiger partial charge is 0.326 e. The number of rotatable bonds is 8. The van der Waals surface area contributed by atoms with Crippen molar-refractivity contribution in [3.63, 3.8) is 0 Å². The van der Waals surface area contributed by atoms with Crippen LogP contribution < -0.4 is 15.5 Å². The van der Waals surface area contributed by atoms with Crippen LogP contribution in [0.3, 0.4) is 0 Å². The number of carboxylic acids is 1. The van der Waals surface area contributed by atoms with E-state index in [1.165, 1.54) is 12.1 Å². The maximum Gasteiger partial charge on any atom is 0.326 e. The Morgan fingerprint density at radius 2 is 1.78 bits per heavy atom. The first-order chi connectivity index (χ1) is 17.2. The van der Waals surface area contributed by atoms with Crippen LogP contribution in [-0.4, -0.2) is 67.5 Å². The van der Waals surface area contributed by atoms with Gasteiger partial charge in [0.2, 0.25) is 15.9 Å². The van der Waals surface area contributed by atoms with Crippen LogP contribution in [0, 0.1) is 6.92 Å². The summed E-state index contributed by atoms with van der Waals surface area (Å²) >= 11 is 0. The Kier molecular flexibility index (Phi) is 7.60. The van der Waals surface area contributed by atoms with E-state index in [0.29, 0.717) is 37.2 Å². The summed E-state index contributed by atoms with van der Waals surface area (Å²) in [6, 6.07) is 11.0. The van der Waals surface area contributed by atoms with E-state index in [1.807, 2.05) is 6.92 Å². The van der Waals surface area contributed by atoms with E-state index in [0.717, 1.165) is 16.3 Å². The van der Waals surface area contributed by atoms with Gasteiger partial charge in [-0.3, -0.25) is 9.69 Å². The lowest BCUT2D eigenvalue weighted by Gasteiger charge is -2.27. The molecule has 0 aromatic heterocycles. The third-order valence-electron chi connectivity index (χ3n) is 6.52. The van der Waals surface area contributed by atoms with Crippen LogP contribution in [0.5, 0.6) is 0 Å². The molecule has 2 aliphatic rings. The molecule has 2 aromatic carbocycles. The van der Waals surface area contributed by atoms with Gasteiger partial charge in [-0.25, -0.2) is 18.0 Å². The third kappa shape index (κ3) is 5.52. The SMILES string of the molecule is Cc1ccc(S(=O)(=O)N2CCCC2C(=O)NC(Cc2ccc(N3CCCNC3=O)cc2)C(=O)O)cc1. The monoisotopic (exact) mass is 514 g/mol. The number of sulfonamides is 1. The summed E-state index contributed by atoms with van der Waals surface area (Å²) in [5.41, 5.74) is 2.29. The molecule has 0 spiro atoms. The van der Waals surface area contributed by atoms with Gasteiger partial charge in [0.1, 0.15) is 12.1 Å². The second-order valence-electron chi connectivity index (χ2n) is 9.09. The number of hydrogen-bond donors (Lipinski definition) is 3. The largest absolute Gasteiger partial charge is 0.480 e. The first-order valence-corrected chi connectivity index (χ1v) is 13.4. The predicted octanol–water partition coefficient (Wildman–Crippen LogP) is 1.88. The fraction of sp³-hybridized carbons (Fsp3) is 0.400. The average molecular weight is 515 g/mol. The molecular formula is C25H30N4O6S. The minimum Gasteiger partial charge on any atom is -0.480 e. The van der Waals surface area contributed by atoms with E-state index in [2.05, 4.69) is 10.6 Å². The zero-order valence-corrected chi connectivity index (χ0v) is 20.8. The fourth-order valence-corrected chi connectivity index (χ4v) is 6.18. The van der Waals surface area contributed by atoms with Crippen LogP contribution in [0.4, 0.5) is 10.5 Å². The highest BCUT2D eigenvalue weighted by Gasteiger charge is 2.40. The van der Waals surface area contributed by atoms with Crippen LogP contribution in [0.25, 0.3) is 0 Å². The van der Waals surface area contributed by atoms with Crippen LogP contribution in [0.2, 0.25) is 0 Å². The maximum absolute atomic E-state index is 13.2. The number of anilines is 1. The lowest BCUT2D eigenvalue weighted by molar-refractivity contribution is -0.142. The highest BCUT2D eigenvalue weighted by atomic mass is 32.2. The molecule has 2 aliphatic heterocycles. The van der Waals surface area contributed by atoms with Gasteiger partial charge in [0.05, 0.1) is 4.90 Å². The second kappa shape index (κ2) is 10.7. The van der Waals surface area contributed by atoms with E-state index < -0.39 is 34.0 Å². The number of urea groups is 1. The molecule has 192 valence electrons. The topological polar surface area (TPSA) is 136 Å². The first-order valence-electron chi connectivity index (χ1n) is 11.9. The molecule has 2 atom stereocenters. The molecule has 0 bridgehead atoms. The van der Waals surface area contributed by atoms with E-state index in [1.54, 1.807) is 41.3 Å². The van der Waals surface area contributed by atoms with E-state index in [-0.39, 0.29) is 23.9 Å². The van der Waals surface area contributed by atoms with E-state index in [4.69, 9.17) is 0 Å². The summed E-state index contributed by atoms with van der Waals surface area (Å²) in [4.78, 5) is 38.8. The molecule has 3 amide bonds. The lowest BCUT2D eigenvalue weighted by Crippen LogP contribution is -2.51. The molecule has 10 nitrogen and oxygen atoms in total. The summed E-state index contributed by atoms with van der Waals surface area (Å²) < 4.78 is 27.5. The molecule has 3 N–H and O–H groups in total. The van der Waals surface area contributed by atoms with Gasteiger partial charge in [-0.1, -0.05) is 29.8 Å². The Hall–Kier alpha value is -3.44. The molecule has 2 unspecified atom stereocenters. The number of carbonyl (C=O) groups excluding carboxylic acids is 2. The average Bonchev–Trinajstić information content (AvgIpc) is 3.36. The molecule has 4 rings (SSSR count). The number of aliphatic carboxylic acids is 1. The molecular weight excluding hydrogens is 484 g/mol. The van der Waals surface area contributed by atoms with Crippen LogP contribution in [-0.2, 0) is 26.0 Å². The van der Waals surface area contributed by atoms with Crippen molar-refractivity contribution < 1.29 is 27.9 Å². The highest BCUT2D eigenvalue weighted by Crippen LogP contribution is 2.27. The van der Waals surface area contributed by atoms with Gasteiger partial charge in [-0.15, -0.1) is 0 Å². The van der Waals surface area contributed by atoms with Gasteiger partial charge < -0.3 is 15.7 Å². The van der Waals surface area contributed by atoms with E-state index in [9.17, 15) is 27.9 Å². The fourth-order valence-electron chi connectivity index (χ4n) is 4.53. The molecule has 2 heterocycles. The minimum absolute atomic E-state index is 0.0188. The number of hydrogen-bond acceptors (Lipinski definition) is 5. The maximum atomic E-state index is 13.2. The number of amides is 3. The molecule has 11 heteroatoms. The van der Waals surface area contributed by atoms with Gasteiger partial charge in [0.15, 0.2) is 0 Å². The predicted molar refractivity (Wildman–Crippen MR) is 133 cm³/mol. The Balaban J connectivity index is 1.44. The third-order valence-corrected chi connectivity index (χ3v) is 8.44. The van der Waals surface area contributed by atoms with Crippen molar-refractivity contribution in [3.8, 4) is 0 Å². The zero-order chi connectivity index (χ0) is 25.9. The van der Waals surface area contributed by atoms with Gasteiger partial charge in [0.25, 0.3) is 0 Å². The van der Waals surface area contributed by atoms with Gasteiger partial charge >= 0.3 is 12.0 Å². The van der Waals surface area contributed by atoms with Gasteiger partial charge in [-0.2, -0.15) is 4.31 Å². The van der Waals surface area contributed by atoms with Gasteiger partial charge in [-0.05, 0) is 56.0 Å². The number of carbonyl (C=O) groups is 3. The summed E-state index contributed by atoms with van der Waals surface area (Å²) in [5.74, 6) is -1.84. The van der Waals surface area contributed by atoms with Crippen molar-refractivity contribution in [3.05, 3.63) is 59.7 Å². The Morgan fingerprint density at radius 3 is 2.42 bits per heavy atom. The van der Waals surface area contributed by atoms with Crippen molar-refractivity contribution >= 4 is 33.6 Å². The number of nitrogens with one attached hydrogen (secondary N) is 2. The van der Waals surface area contributed by atoms with Crippen molar-refractivity contribution in [2.45, 2.75) is 49.6 Å². The Bertz CT molecular complexity index is 1230. The molecule has 36 heavy (non-hydrogen) atoms. The standard InChI is InChI=1S/C25H30N4O6S/c1-17-5-11-20(12-6-17)36(34,35)29-15-2-4-22(29)23(30)27-21(24(31)32)16-18-7-9-19(10-8-18)28-14-3-13-26-25(28)33/h5-12,21-22H,2-4,13-16H2,1H3,(H,26,33)(H,27,30)(H,31,32). The first kappa shape index (κ1) is 25.6. The summed E-state index contributed by atoms with van der Waals surface area (Å²) in [5, 5.41) is 15.1. The molecule has 2 fully saturated rings. The minimum atomic E-state index is -3.90. The second-order valence-corrected chi connectivity index (χ2v) is 11.0. The normalized spacial score (nSPS) is 19.5. The number of aryl methyl sites for hydroxylation is 1.